The molecule has 2 fully saturated rings. The maximum Gasteiger partial charge on any atom is 0.176 e. The zero-order valence-corrected chi connectivity index (χ0v) is 13.0. The van der Waals surface area contributed by atoms with Gasteiger partial charge in [0.1, 0.15) is 6.17 Å². The van der Waals surface area contributed by atoms with E-state index in [0.717, 1.165) is 31.6 Å². The van der Waals surface area contributed by atoms with E-state index in [1.807, 2.05) is 4.68 Å². The van der Waals surface area contributed by atoms with Gasteiger partial charge in [-0.3, -0.25) is 4.90 Å². The molecule has 2 heterocycles. The predicted molar refractivity (Wildman–Crippen MR) is 80.3 cm³/mol. The van der Waals surface area contributed by atoms with Gasteiger partial charge in [-0.2, -0.15) is 5.10 Å². The Morgan fingerprint density at radius 3 is 2.65 bits per heavy atom. The molecule has 0 radical (unpaired) electrons. The summed E-state index contributed by atoms with van der Waals surface area (Å²) in [7, 11) is 2.14. The van der Waals surface area contributed by atoms with Crippen molar-refractivity contribution in [3.8, 4) is 5.75 Å². The van der Waals surface area contributed by atoms with E-state index in [4.69, 9.17) is 16.3 Å². The molecule has 0 aromatic carbocycles. The molecule has 4 nitrogen and oxygen atoms in total. The average Bonchev–Trinajstić information content (AvgIpc) is 2.82. The molecule has 0 amide bonds. The summed E-state index contributed by atoms with van der Waals surface area (Å²) in [5, 5.41) is 5.13. The monoisotopic (exact) mass is 297 g/mol. The van der Waals surface area contributed by atoms with Gasteiger partial charge in [-0.15, -0.1) is 0 Å². The highest BCUT2D eigenvalue weighted by molar-refractivity contribution is 6.31. The van der Waals surface area contributed by atoms with Gasteiger partial charge in [0.25, 0.3) is 0 Å². The van der Waals surface area contributed by atoms with Crippen molar-refractivity contribution < 1.29 is 4.74 Å². The molecular weight excluding hydrogens is 274 g/mol. The molecule has 2 aliphatic rings. The molecule has 0 N–H and O–H groups in total. The van der Waals surface area contributed by atoms with Gasteiger partial charge in [0.15, 0.2) is 10.9 Å². The molecule has 0 spiro atoms. The topological polar surface area (TPSA) is 30.3 Å². The van der Waals surface area contributed by atoms with Gasteiger partial charge >= 0.3 is 0 Å². The van der Waals surface area contributed by atoms with Crippen molar-refractivity contribution >= 4 is 11.6 Å². The van der Waals surface area contributed by atoms with Crippen molar-refractivity contribution in [1.29, 1.82) is 0 Å². The standard InChI is InChI=1S/C15H24ClN3O/c1-18-10-6-5-9-14(18)19-15(16)13(11-17-19)20-12-7-3-2-4-8-12/h11-12,14H,2-10H2,1H3. The van der Waals surface area contributed by atoms with Crippen molar-refractivity contribution in [3.63, 3.8) is 0 Å². The highest BCUT2D eigenvalue weighted by atomic mass is 35.5. The van der Waals surface area contributed by atoms with E-state index in [1.165, 1.54) is 32.1 Å². The highest BCUT2D eigenvalue weighted by Gasteiger charge is 2.26. The Morgan fingerprint density at radius 1 is 1.15 bits per heavy atom. The van der Waals surface area contributed by atoms with Crippen molar-refractivity contribution in [1.82, 2.24) is 14.7 Å². The van der Waals surface area contributed by atoms with Crippen LogP contribution in [-0.2, 0) is 0 Å². The average molecular weight is 298 g/mol. The SMILES string of the molecule is CN1CCCCC1n1ncc(OC2CCCCC2)c1Cl. The van der Waals surface area contributed by atoms with E-state index in [2.05, 4.69) is 17.0 Å². The number of hydrogen-bond donors (Lipinski definition) is 0. The normalized spacial score (nSPS) is 25.8. The quantitative estimate of drug-likeness (QED) is 0.848. The van der Waals surface area contributed by atoms with Gasteiger partial charge in [0.2, 0.25) is 0 Å². The summed E-state index contributed by atoms with van der Waals surface area (Å²) in [5.41, 5.74) is 0. The third-order valence-corrected chi connectivity index (χ3v) is 4.92. The number of hydrogen-bond acceptors (Lipinski definition) is 3. The summed E-state index contributed by atoms with van der Waals surface area (Å²) in [4.78, 5) is 2.33. The minimum atomic E-state index is 0.278. The van der Waals surface area contributed by atoms with Crippen LogP contribution in [0.5, 0.6) is 5.75 Å². The number of ether oxygens (including phenoxy) is 1. The molecule has 1 aliphatic carbocycles. The summed E-state index contributed by atoms with van der Waals surface area (Å²) in [6.07, 6.45) is 12.2. The lowest BCUT2D eigenvalue weighted by molar-refractivity contribution is 0.114. The molecule has 1 saturated carbocycles. The van der Waals surface area contributed by atoms with Crippen LogP contribution in [0.25, 0.3) is 0 Å². The third-order valence-electron chi connectivity index (χ3n) is 4.56. The van der Waals surface area contributed by atoms with Crippen LogP contribution in [0.2, 0.25) is 5.15 Å². The summed E-state index contributed by atoms with van der Waals surface area (Å²) >= 11 is 6.49. The van der Waals surface area contributed by atoms with Crippen LogP contribution < -0.4 is 4.74 Å². The van der Waals surface area contributed by atoms with Gasteiger partial charge in [0.05, 0.1) is 12.3 Å². The lowest BCUT2D eigenvalue weighted by Crippen LogP contribution is -2.34. The fraction of sp³-hybridized carbons (Fsp3) is 0.800. The van der Waals surface area contributed by atoms with Crippen LogP contribution in [0.3, 0.4) is 0 Å². The minimum Gasteiger partial charge on any atom is -0.486 e. The van der Waals surface area contributed by atoms with E-state index < -0.39 is 0 Å². The first-order valence-corrected chi connectivity index (χ1v) is 8.23. The van der Waals surface area contributed by atoms with Gasteiger partial charge in [-0.05, 0) is 58.5 Å². The van der Waals surface area contributed by atoms with E-state index in [1.54, 1.807) is 6.20 Å². The Morgan fingerprint density at radius 2 is 1.90 bits per heavy atom. The second kappa shape index (κ2) is 6.35. The molecule has 1 aromatic heterocycles. The molecule has 1 aliphatic heterocycles. The Bertz CT molecular complexity index is 442. The Balaban J connectivity index is 1.70. The molecule has 0 bridgehead atoms. The molecular formula is C15H24ClN3O. The lowest BCUT2D eigenvalue weighted by Gasteiger charge is -2.32. The highest BCUT2D eigenvalue weighted by Crippen LogP contribution is 2.33. The minimum absolute atomic E-state index is 0.278. The zero-order valence-electron chi connectivity index (χ0n) is 12.2. The van der Waals surface area contributed by atoms with Crippen LogP contribution in [0.15, 0.2) is 6.20 Å². The zero-order chi connectivity index (χ0) is 13.9. The van der Waals surface area contributed by atoms with Crippen molar-refractivity contribution in [2.45, 2.75) is 63.6 Å². The Labute approximate surface area is 126 Å². The van der Waals surface area contributed by atoms with Gasteiger partial charge in [0, 0.05) is 0 Å². The fourth-order valence-electron chi connectivity index (χ4n) is 3.35. The van der Waals surface area contributed by atoms with Crippen LogP contribution >= 0.6 is 11.6 Å². The number of rotatable bonds is 3. The maximum atomic E-state index is 6.49. The molecule has 1 atom stereocenters. The molecule has 1 unspecified atom stereocenters. The molecule has 112 valence electrons. The third kappa shape index (κ3) is 2.96. The van der Waals surface area contributed by atoms with Crippen molar-refractivity contribution in [2.75, 3.05) is 13.6 Å². The smallest absolute Gasteiger partial charge is 0.176 e. The summed E-state index contributed by atoms with van der Waals surface area (Å²) in [6.45, 7) is 1.11. The molecule has 20 heavy (non-hydrogen) atoms. The van der Waals surface area contributed by atoms with Crippen LogP contribution in [0.1, 0.15) is 57.5 Å². The molecule has 5 heteroatoms. The fourth-order valence-corrected chi connectivity index (χ4v) is 3.60. The summed E-state index contributed by atoms with van der Waals surface area (Å²) in [5.74, 6) is 0.762. The maximum absolute atomic E-state index is 6.49. The van der Waals surface area contributed by atoms with Crippen LogP contribution in [0.4, 0.5) is 0 Å². The second-order valence-corrected chi connectivity index (χ2v) is 6.44. The molecule has 1 saturated heterocycles. The second-order valence-electron chi connectivity index (χ2n) is 6.08. The van der Waals surface area contributed by atoms with Crippen LogP contribution in [-0.4, -0.2) is 34.4 Å². The van der Waals surface area contributed by atoms with Gasteiger partial charge < -0.3 is 4.74 Å². The summed E-state index contributed by atoms with van der Waals surface area (Å²) in [6, 6.07) is 0. The largest absolute Gasteiger partial charge is 0.486 e. The Hall–Kier alpha value is -0.740. The van der Waals surface area contributed by atoms with Crippen molar-refractivity contribution in [3.05, 3.63) is 11.3 Å². The number of piperidine rings is 1. The lowest BCUT2D eigenvalue weighted by atomic mass is 9.98. The summed E-state index contributed by atoms with van der Waals surface area (Å²) < 4.78 is 7.99. The predicted octanol–water partition coefficient (Wildman–Crippen LogP) is 3.86. The van der Waals surface area contributed by atoms with E-state index in [0.29, 0.717) is 11.3 Å². The van der Waals surface area contributed by atoms with Gasteiger partial charge in [-0.25, -0.2) is 4.68 Å². The first kappa shape index (κ1) is 14.2. The first-order valence-electron chi connectivity index (χ1n) is 7.85. The number of aromatic nitrogens is 2. The number of halogens is 1. The first-order chi connectivity index (χ1) is 9.75. The number of nitrogens with zero attached hydrogens (tertiary/aromatic N) is 3. The van der Waals surface area contributed by atoms with Gasteiger partial charge in [-0.1, -0.05) is 18.0 Å². The van der Waals surface area contributed by atoms with Crippen LogP contribution in [0, 0.1) is 0 Å². The molecule has 3 rings (SSSR count). The van der Waals surface area contributed by atoms with Crippen molar-refractivity contribution in [2.24, 2.45) is 0 Å². The molecule has 1 aromatic rings. The Kier molecular flexibility index (Phi) is 4.51. The van der Waals surface area contributed by atoms with E-state index in [-0.39, 0.29) is 6.17 Å². The number of likely N-dealkylation sites (tertiary alicyclic amines) is 1. The van der Waals surface area contributed by atoms with E-state index in [9.17, 15) is 0 Å². The van der Waals surface area contributed by atoms with E-state index >= 15 is 0 Å².